The number of aliphatic hydroxyl groups excluding tert-OH is 1. The number of benzene rings is 2. The van der Waals surface area contributed by atoms with E-state index in [1.165, 1.54) is 22.3 Å². The van der Waals surface area contributed by atoms with Gasteiger partial charge in [-0.25, -0.2) is 0 Å². The lowest BCUT2D eigenvalue weighted by molar-refractivity contribution is -0.126. The molecule has 0 radical (unpaired) electrons. The second-order valence-electron chi connectivity index (χ2n) is 8.31. The largest absolute Gasteiger partial charge is 0.391 e. The van der Waals surface area contributed by atoms with Crippen LogP contribution in [0.2, 0.25) is 0 Å². The highest BCUT2D eigenvalue weighted by Crippen LogP contribution is 2.39. The molecule has 0 spiro atoms. The summed E-state index contributed by atoms with van der Waals surface area (Å²) in [4.78, 5) is 26.9. The van der Waals surface area contributed by atoms with Gasteiger partial charge in [-0.1, -0.05) is 30.3 Å². The Balaban J connectivity index is 1.26. The number of nitrogens with one attached hydrogen (secondary N) is 2. The van der Waals surface area contributed by atoms with Crippen molar-refractivity contribution in [3.8, 4) is 11.1 Å². The maximum atomic E-state index is 12.6. The van der Waals surface area contributed by atoms with Crippen LogP contribution in [0.15, 0.2) is 42.5 Å². The summed E-state index contributed by atoms with van der Waals surface area (Å²) in [5.74, 6) is -0.429. The molecule has 1 aliphatic carbocycles. The van der Waals surface area contributed by atoms with E-state index in [1.807, 2.05) is 6.07 Å². The first-order chi connectivity index (χ1) is 14.1. The smallest absolute Gasteiger partial charge is 0.227 e. The summed E-state index contributed by atoms with van der Waals surface area (Å²) in [6, 6.07) is 14.6. The molecule has 2 saturated heterocycles. The van der Waals surface area contributed by atoms with Gasteiger partial charge < -0.3 is 20.6 Å². The molecular formula is C23H25N3O3. The van der Waals surface area contributed by atoms with Gasteiger partial charge >= 0.3 is 0 Å². The highest BCUT2D eigenvalue weighted by Gasteiger charge is 2.36. The molecule has 2 aliphatic heterocycles. The molecule has 2 aromatic carbocycles. The second-order valence-corrected chi connectivity index (χ2v) is 8.31. The second kappa shape index (κ2) is 7.28. The zero-order valence-electron chi connectivity index (χ0n) is 16.2. The third-order valence-electron chi connectivity index (χ3n) is 6.43. The molecule has 6 heteroatoms. The lowest BCUT2D eigenvalue weighted by atomic mass is 10.0. The number of β-amino-alcohol motifs (C(OH)–C–C–N with tert-alkyl or cyclic N) is 1. The molecule has 0 aromatic heterocycles. The number of carbonyl (C=O) groups excluding carboxylic acids is 2. The summed E-state index contributed by atoms with van der Waals surface area (Å²) in [6.07, 6.45) is 0.685. The van der Waals surface area contributed by atoms with E-state index in [-0.39, 0.29) is 30.1 Å². The summed E-state index contributed by atoms with van der Waals surface area (Å²) >= 11 is 0. The van der Waals surface area contributed by atoms with Gasteiger partial charge in [-0.3, -0.25) is 9.59 Å². The molecule has 3 aliphatic rings. The highest BCUT2D eigenvalue weighted by molar-refractivity contribution is 6.00. The minimum Gasteiger partial charge on any atom is -0.391 e. The number of anilines is 1. The van der Waals surface area contributed by atoms with Crippen molar-refractivity contribution in [2.75, 3.05) is 31.1 Å². The SMILES string of the molecule is O=C(NCC1CNCC1O)C1CC(=O)N(c2ccc3c(c2)Cc2ccccc2-3)C1. The molecule has 3 unspecified atom stereocenters. The monoisotopic (exact) mass is 391 g/mol. The van der Waals surface area contributed by atoms with Crippen LogP contribution in [0.1, 0.15) is 17.5 Å². The summed E-state index contributed by atoms with van der Waals surface area (Å²) in [6.45, 7) is 2.11. The summed E-state index contributed by atoms with van der Waals surface area (Å²) in [5, 5.41) is 15.9. The van der Waals surface area contributed by atoms with E-state index >= 15 is 0 Å². The van der Waals surface area contributed by atoms with Crippen LogP contribution in [0.25, 0.3) is 11.1 Å². The van der Waals surface area contributed by atoms with Crippen LogP contribution in [-0.2, 0) is 16.0 Å². The van der Waals surface area contributed by atoms with Gasteiger partial charge in [0.1, 0.15) is 0 Å². The quantitative estimate of drug-likeness (QED) is 0.626. The van der Waals surface area contributed by atoms with Gasteiger partial charge in [0.25, 0.3) is 0 Å². The number of rotatable bonds is 4. The number of fused-ring (bicyclic) bond motifs is 3. The van der Waals surface area contributed by atoms with Crippen LogP contribution in [0.4, 0.5) is 5.69 Å². The summed E-state index contributed by atoms with van der Waals surface area (Å²) in [5.41, 5.74) is 5.91. The van der Waals surface area contributed by atoms with Crippen molar-refractivity contribution in [3.63, 3.8) is 0 Å². The van der Waals surface area contributed by atoms with Crippen LogP contribution in [0, 0.1) is 11.8 Å². The van der Waals surface area contributed by atoms with E-state index in [9.17, 15) is 14.7 Å². The Labute approximate surface area is 169 Å². The molecule has 5 rings (SSSR count). The number of hydrogen-bond donors (Lipinski definition) is 3. The van der Waals surface area contributed by atoms with Crippen LogP contribution >= 0.6 is 0 Å². The number of amides is 2. The van der Waals surface area contributed by atoms with Crippen molar-refractivity contribution in [1.82, 2.24) is 10.6 Å². The van der Waals surface area contributed by atoms with Crippen molar-refractivity contribution in [2.24, 2.45) is 11.8 Å². The van der Waals surface area contributed by atoms with Gasteiger partial charge in [-0.15, -0.1) is 0 Å². The fourth-order valence-electron chi connectivity index (χ4n) is 4.74. The number of aliphatic hydroxyl groups is 1. The Hall–Kier alpha value is -2.70. The fraction of sp³-hybridized carbons (Fsp3) is 0.391. The predicted molar refractivity (Wildman–Crippen MR) is 111 cm³/mol. The Morgan fingerprint density at radius 1 is 1.14 bits per heavy atom. The molecule has 2 amide bonds. The maximum absolute atomic E-state index is 12.6. The topological polar surface area (TPSA) is 81.7 Å². The Kier molecular flexibility index (Phi) is 4.60. The van der Waals surface area contributed by atoms with Crippen molar-refractivity contribution >= 4 is 17.5 Å². The molecule has 0 saturated carbocycles. The van der Waals surface area contributed by atoms with Crippen LogP contribution < -0.4 is 15.5 Å². The number of carbonyl (C=O) groups is 2. The first-order valence-electron chi connectivity index (χ1n) is 10.3. The lowest BCUT2D eigenvalue weighted by Gasteiger charge is -2.19. The van der Waals surface area contributed by atoms with Gasteiger partial charge in [-0.05, 0) is 40.8 Å². The summed E-state index contributed by atoms with van der Waals surface area (Å²) < 4.78 is 0. The fourth-order valence-corrected chi connectivity index (χ4v) is 4.74. The first-order valence-corrected chi connectivity index (χ1v) is 10.3. The third-order valence-corrected chi connectivity index (χ3v) is 6.43. The van der Waals surface area contributed by atoms with E-state index < -0.39 is 6.10 Å². The Morgan fingerprint density at radius 3 is 2.79 bits per heavy atom. The number of hydrogen-bond acceptors (Lipinski definition) is 4. The Morgan fingerprint density at radius 2 is 1.97 bits per heavy atom. The molecule has 3 N–H and O–H groups in total. The molecule has 29 heavy (non-hydrogen) atoms. The zero-order valence-corrected chi connectivity index (χ0v) is 16.2. The van der Waals surface area contributed by atoms with E-state index in [4.69, 9.17) is 0 Å². The molecule has 6 nitrogen and oxygen atoms in total. The predicted octanol–water partition coefficient (Wildman–Crippen LogP) is 1.31. The van der Waals surface area contributed by atoms with Gasteiger partial charge in [-0.2, -0.15) is 0 Å². The average Bonchev–Trinajstić information content (AvgIpc) is 3.42. The molecule has 3 atom stereocenters. The normalized spacial score (nSPS) is 25.2. The van der Waals surface area contributed by atoms with Gasteiger partial charge in [0.15, 0.2) is 0 Å². The van der Waals surface area contributed by atoms with Gasteiger partial charge in [0, 0.05) is 44.2 Å². The highest BCUT2D eigenvalue weighted by atomic mass is 16.3. The minimum atomic E-state index is -0.424. The minimum absolute atomic E-state index is 0.0109. The van der Waals surface area contributed by atoms with Crippen LogP contribution in [0.5, 0.6) is 0 Å². The Bertz CT molecular complexity index is 974. The standard InChI is InChI=1S/C23H25N3O3/c27-21-12-24-10-17(21)11-25-23(29)16-9-22(28)26(13-16)18-5-6-20-15(8-18)7-14-3-1-2-4-19(14)20/h1-6,8,16-17,21,24,27H,7,9-13H2,(H,25,29). The molecule has 2 aromatic rings. The van der Waals surface area contributed by atoms with E-state index in [0.29, 0.717) is 26.2 Å². The van der Waals surface area contributed by atoms with E-state index in [0.717, 1.165) is 12.1 Å². The number of nitrogens with zero attached hydrogens (tertiary/aromatic N) is 1. The average molecular weight is 391 g/mol. The van der Waals surface area contributed by atoms with Crippen LogP contribution in [0.3, 0.4) is 0 Å². The molecule has 150 valence electrons. The molecule has 2 fully saturated rings. The molecule has 0 bridgehead atoms. The van der Waals surface area contributed by atoms with Crippen molar-refractivity contribution in [1.29, 1.82) is 0 Å². The van der Waals surface area contributed by atoms with Crippen molar-refractivity contribution in [3.05, 3.63) is 53.6 Å². The summed E-state index contributed by atoms with van der Waals surface area (Å²) in [7, 11) is 0. The maximum Gasteiger partial charge on any atom is 0.227 e. The van der Waals surface area contributed by atoms with Crippen LogP contribution in [-0.4, -0.2) is 49.2 Å². The van der Waals surface area contributed by atoms with E-state index in [2.05, 4.69) is 47.0 Å². The van der Waals surface area contributed by atoms with Gasteiger partial charge in [0.2, 0.25) is 11.8 Å². The molecular weight excluding hydrogens is 366 g/mol. The zero-order chi connectivity index (χ0) is 20.0. The molecule has 2 heterocycles. The first kappa shape index (κ1) is 18.3. The lowest BCUT2D eigenvalue weighted by Crippen LogP contribution is -2.38. The third kappa shape index (κ3) is 3.32. The van der Waals surface area contributed by atoms with Crippen molar-refractivity contribution < 1.29 is 14.7 Å². The van der Waals surface area contributed by atoms with E-state index in [1.54, 1.807) is 4.90 Å². The van der Waals surface area contributed by atoms with Crippen molar-refractivity contribution in [2.45, 2.75) is 18.9 Å². The van der Waals surface area contributed by atoms with Gasteiger partial charge in [0.05, 0.1) is 12.0 Å².